The summed E-state index contributed by atoms with van der Waals surface area (Å²) in [6.45, 7) is 13.1. The normalized spacial score (nSPS) is 18.1. The third kappa shape index (κ3) is 4.93. The monoisotopic (exact) mass is 576 g/mol. The van der Waals surface area contributed by atoms with Crippen LogP contribution in [0, 0.1) is 0 Å². The van der Waals surface area contributed by atoms with Gasteiger partial charge in [0, 0.05) is 11.3 Å². The Kier molecular flexibility index (Phi) is 6.95. The molecule has 1 unspecified atom stereocenters. The van der Waals surface area contributed by atoms with Crippen LogP contribution >= 0.6 is 0 Å². The summed E-state index contributed by atoms with van der Waals surface area (Å²) in [5.74, 6) is 0.200. The van der Waals surface area contributed by atoms with Gasteiger partial charge in [0.25, 0.3) is 0 Å². The molecule has 5 aromatic rings. The lowest BCUT2D eigenvalue weighted by molar-refractivity contribution is 0.00578. The minimum absolute atomic E-state index is 0.0388. The Morgan fingerprint density at radius 1 is 0.545 bits per heavy atom. The standard InChI is InChI=1S/C41H41BO2/c1-39(2)37-18-11-10-17-34(37)35-24-21-32(27-38(35)39)36(31-16-12-15-30(26-31)29-13-8-7-9-14-29)25-28-19-22-33(23-20-28)42-43-40(3,4)41(5,6)44-42/h7-24,26-27,36H,25H2,1-6H3. The summed E-state index contributed by atoms with van der Waals surface area (Å²) in [7, 11) is -0.354. The van der Waals surface area contributed by atoms with Gasteiger partial charge in [-0.05, 0) is 89.6 Å². The highest BCUT2D eigenvalue weighted by Gasteiger charge is 2.51. The smallest absolute Gasteiger partial charge is 0.399 e. The van der Waals surface area contributed by atoms with E-state index >= 15 is 0 Å². The summed E-state index contributed by atoms with van der Waals surface area (Å²) < 4.78 is 12.7. The molecule has 5 aromatic carbocycles. The first-order valence-electron chi connectivity index (χ1n) is 15.9. The first-order valence-corrected chi connectivity index (χ1v) is 15.9. The van der Waals surface area contributed by atoms with Crippen molar-refractivity contribution >= 4 is 12.6 Å². The number of hydrogen-bond donors (Lipinski definition) is 0. The van der Waals surface area contributed by atoms with Gasteiger partial charge in [-0.15, -0.1) is 0 Å². The van der Waals surface area contributed by atoms with Crippen molar-refractivity contribution in [1.29, 1.82) is 0 Å². The maximum absolute atomic E-state index is 6.33. The number of rotatable bonds is 6. The Morgan fingerprint density at radius 2 is 1.16 bits per heavy atom. The van der Waals surface area contributed by atoms with E-state index in [1.807, 2.05) is 0 Å². The van der Waals surface area contributed by atoms with Gasteiger partial charge < -0.3 is 9.31 Å². The second-order valence-corrected chi connectivity index (χ2v) is 14.1. The first-order chi connectivity index (χ1) is 21.0. The highest BCUT2D eigenvalue weighted by molar-refractivity contribution is 6.62. The van der Waals surface area contributed by atoms with Gasteiger partial charge in [0.2, 0.25) is 0 Å². The molecule has 1 aliphatic carbocycles. The third-order valence-corrected chi connectivity index (χ3v) is 10.4. The zero-order valence-corrected chi connectivity index (χ0v) is 26.7. The van der Waals surface area contributed by atoms with Crippen LogP contribution in [0.2, 0.25) is 0 Å². The number of benzene rings is 5. The van der Waals surface area contributed by atoms with E-state index in [9.17, 15) is 0 Å². The van der Waals surface area contributed by atoms with Gasteiger partial charge in [0.05, 0.1) is 11.2 Å². The average molecular weight is 577 g/mol. The summed E-state index contributed by atoms with van der Waals surface area (Å²) in [5.41, 5.74) is 12.3. The Morgan fingerprint density at radius 3 is 1.89 bits per heavy atom. The second kappa shape index (κ2) is 10.6. The van der Waals surface area contributed by atoms with E-state index in [0.29, 0.717) is 0 Å². The molecule has 1 aliphatic heterocycles. The van der Waals surface area contributed by atoms with Gasteiger partial charge in [-0.1, -0.05) is 135 Å². The molecule has 0 radical (unpaired) electrons. The van der Waals surface area contributed by atoms with E-state index in [0.717, 1.165) is 11.9 Å². The molecule has 2 nitrogen and oxygen atoms in total. The summed E-state index contributed by atoms with van der Waals surface area (Å²) in [6, 6.07) is 44.7. The van der Waals surface area contributed by atoms with Crippen molar-refractivity contribution in [3.8, 4) is 22.3 Å². The van der Waals surface area contributed by atoms with Crippen molar-refractivity contribution in [2.24, 2.45) is 0 Å². The molecule has 44 heavy (non-hydrogen) atoms. The molecule has 220 valence electrons. The van der Waals surface area contributed by atoms with Gasteiger partial charge in [-0.2, -0.15) is 0 Å². The van der Waals surface area contributed by atoms with Gasteiger partial charge in [0.1, 0.15) is 0 Å². The molecule has 1 fully saturated rings. The highest BCUT2D eigenvalue weighted by atomic mass is 16.7. The molecule has 3 heteroatoms. The lowest BCUT2D eigenvalue weighted by atomic mass is 9.77. The van der Waals surface area contributed by atoms with E-state index in [1.165, 1.54) is 50.1 Å². The first kappa shape index (κ1) is 28.8. The molecule has 1 heterocycles. The minimum Gasteiger partial charge on any atom is -0.399 e. The largest absolute Gasteiger partial charge is 0.494 e. The molecule has 0 N–H and O–H groups in total. The van der Waals surface area contributed by atoms with Crippen molar-refractivity contribution in [3.63, 3.8) is 0 Å². The van der Waals surface area contributed by atoms with Crippen molar-refractivity contribution in [3.05, 3.63) is 149 Å². The van der Waals surface area contributed by atoms with Crippen molar-refractivity contribution in [2.45, 2.75) is 70.5 Å². The maximum Gasteiger partial charge on any atom is 0.494 e. The molecule has 7 rings (SSSR count). The molecular weight excluding hydrogens is 535 g/mol. The van der Waals surface area contributed by atoms with Gasteiger partial charge >= 0.3 is 7.12 Å². The lowest BCUT2D eigenvalue weighted by Crippen LogP contribution is -2.41. The van der Waals surface area contributed by atoms with Crippen LogP contribution in [-0.2, 0) is 21.1 Å². The van der Waals surface area contributed by atoms with Crippen LogP contribution in [0.25, 0.3) is 22.3 Å². The van der Waals surface area contributed by atoms with E-state index in [4.69, 9.17) is 9.31 Å². The van der Waals surface area contributed by atoms with Crippen LogP contribution in [0.3, 0.4) is 0 Å². The Bertz CT molecular complexity index is 1800. The molecule has 0 spiro atoms. The fourth-order valence-corrected chi connectivity index (χ4v) is 6.96. The second-order valence-electron chi connectivity index (χ2n) is 14.1. The minimum atomic E-state index is -0.355. The van der Waals surface area contributed by atoms with Crippen LogP contribution in [0.15, 0.2) is 121 Å². The zero-order chi connectivity index (χ0) is 30.7. The van der Waals surface area contributed by atoms with Gasteiger partial charge in [-0.3, -0.25) is 0 Å². The highest BCUT2D eigenvalue weighted by Crippen LogP contribution is 2.49. The molecule has 2 aliphatic rings. The summed E-state index contributed by atoms with van der Waals surface area (Å²) in [6.07, 6.45) is 0.897. The Hall–Kier alpha value is -3.92. The predicted molar refractivity (Wildman–Crippen MR) is 184 cm³/mol. The van der Waals surface area contributed by atoms with Crippen LogP contribution in [0.5, 0.6) is 0 Å². The van der Waals surface area contributed by atoms with Gasteiger partial charge in [-0.25, -0.2) is 0 Å². The molecule has 1 atom stereocenters. The summed E-state index contributed by atoms with van der Waals surface area (Å²) in [4.78, 5) is 0. The van der Waals surface area contributed by atoms with Crippen LogP contribution < -0.4 is 5.46 Å². The van der Waals surface area contributed by atoms with Crippen LogP contribution in [0.1, 0.15) is 75.3 Å². The molecule has 0 saturated carbocycles. The van der Waals surface area contributed by atoms with Crippen LogP contribution in [0.4, 0.5) is 0 Å². The van der Waals surface area contributed by atoms with Gasteiger partial charge in [0.15, 0.2) is 0 Å². The molecule has 0 bridgehead atoms. The van der Waals surface area contributed by atoms with E-state index in [1.54, 1.807) is 0 Å². The average Bonchev–Trinajstić information content (AvgIpc) is 3.40. The molecule has 1 saturated heterocycles. The van der Waals surface area contributed by atoms with E-state index in [2.05, 4.69) is 163 Å². The van der Waals surface area contributed by atoms with E-state index < -0.39 is 0 Å². The summed E-state index contributed by atoms with van der Waals surface area (Å²) >= 11 is 0. The van der Waals surface area contributed by atoms with Crippen molar-refractivity contribution in [2.75, 3.05) is 0 Å². The quantitative estimate of drug-likeness (QED) is 0.188. The number of hydrogen-bond acceptors (Lipinski definition) is 2. The number of fused-ring (bicyclic) bond motifs is 3. The van der Waals surface area contributed by atoms with E-state index in [-0.39, 0.29) is 29.7 Å². The molecule has 0 amide bonds. The lowest BCUT2D eigenvalue weighted by Gasteiger charge is -2.32. The van der Waals surface area contributed by atoms with Crippen molar-refractivity contribution < 1.29 is 9.31 Å². The third-order valence-electron chi connectivity index (χ3n) is 10.4. The fraction of sp³-hybridized carbons (Fsp3) is 0.268. The van der Waals surface area contributed by atoms with Crippen molar-refractivity contribution in [1.82, 2.24) is 0 Å². The SMILES string of the molecule is CC1(C)c2ccccc2-c2ccc(C(Cc3ccc(B4OC(C)(C)C(C)(C)O4)cc3)c3cccc(-c4ccccc4)c3)cc21. The fourth-order valence-electron chi connectivity index (χ4n) is 6.96. The zero-order valence-electron chi connectivity index (χ0n) is 26.7. The Balaban J connectivity index is 1.26. The molecule has 0 aromatic heterocycles. The predicted octanol–water partition coefficient (Wildman–Crippen LogP) is 9.33. The molecular formula is C41H41BO2. The summed E-state index contributed by atoms with van der Waals surface area (Å²) in [5, 5.41) is 0. The van der Waals surface area contributed by atoms with Crippen LogP contribution in [-0.4, -0.2) is 18.3 Å². The maximum atomic E-state index is 6.33. The topological polar surface area (TPSA) is 18.5 Å². The Labute approximate surface area is 263 Å².